The first-order chi connectivity index (χ1) is 17.2. The highest BCUT2D eigenvalue weighted by molar-refractivity contribution is 9.10. The summed E-state index contributed by atoms with van der Waals surface area (Å²) in [6.07, 6.45) is 3.11. The van der Waals surface area contributed by atoms with Crippen LogP contribution < -0.4 is 15.0 Å². The van der Waals surface area contributed by atoms with E-state index in [4.69, 9.17) is 4.74 Å². The van der Waals surface area contributed by atoms with Gasteiger partial charge in [-0.05, 0) is 56.6 Å². The largest absolute Gasteiger partial charge is 0.496 e. The lowest BCUT2D eigenvalue weighted by molar-refractivity contribution is -0.111. The van der Waals surface area contributed by atoms with Crippen molar-refractivity contribution < 1.29 is 14.3 Å². The van der Waals surface area contributed by atoms with E-state index in [9.17, 15) is 9.59 Å². The van der Waals surface area contributed by atoms with Crippen LogP contribution in [0, 0.1) is 0 Å². The second-order valence-corrected chi connectivity index (χ2v) is 9.39. The molecule has 1 N–H and O–H groups in total. The molecule has 8 nitrogen and oxygen atoms in total. The Morgan fingerprint density at radius 1 is 1.11 bits per heavy atom. The van der Waals surface area contributed by atoms with E-state index < -0.39 is 0 Å². The normalized spacial score (nSPS) is 10.7. The van der Waals surface area contributed by atoms with Gasteiger partial charge in [0.05, 0.1) is 18.5 Å². The smallest absolute Gasteiger partial charge is 0.247 e. The Morgan fingerprint density at radius 2 is 1.83 bits per heavy atom. The highest BCUT2D eigenvalue weighted by Gasteiger charge is 2.18. The molecule has 3 aromatic rings. The Balaban J connectivity index is 1.95. The molecule has 0 aliphatic carbocycles. The number of aromatic nitrogens is 2. The van der Waals surface area contributed by atoms with E-state index in [1.165, 1.54) is 6.08 Å². The van der Waals surface area contributed by atoms with Crippen molar-refractivity contribution in [3.8, 4) is 5.75 Å². The maximum atomic E-state index is 12.9. The zero-order valence-corrected chi connectivity index (χ0v) is 22.5. The summed E-state index contributed by atoms with van der Waals surface area (Å²) in [5.41, 5.74) is 3.06. The first kappa shape index (κ1) is 27.0. The van der Waals surface area contributed by atoms with E-state index in [-0.39, 0.29) is 11.7 Å². The Kier molecular flexibility index (Phi) is 9.32. The second-order valence-electron chi connectivity index (χ2n) is 8.47. The zero-order chi connectivity index (χ0) is 26.2. The number of carbonyl (C=O) groups excluding carboxylic acids is 2. The number of benzene rings is 2. The number of carbonyl (C=O) groups is 2. The van der Waals surface area contributed by atoms with E-state index >= 15 is 0 Å². The minimum atomic E-state index is -0.313. The summed E-state index contributed by atoms with van der Waals surface area (Å²) >= 11 is 3.38. The molecule has 0 unspecified atom stereocenters. The average Bonchev–Trinajstić information content (AvgIpc) is 2.87. The molecule has 1 amide bonds. The number of nitrogens with zero attached hydrogens (tertiary/aromatic N) is 4. The minimum absolute atomic E-state index is 0.185. The Labute approximate surface area is 220 Å². The number of ether oxygens (including phenoxy) is 1. The molecule has 0 saturated carbocycles. The number of amides is 1. The third-order valence-corrected chi connectivity index (χ3v) is 6.06. The molecule has 188 valence electrons. The van der Waals surface area contributed by atoms with Gasteiger partial charge in [0.2, 0.25) is 11.7 Å². The quantitative estimate of drug-likeness (QED) is 0.282. The monoisotopic (exact) mass is 551 g/mol. The number of hydrogen-bond donors (Lipinski definition) is 1. The summed E-state index contributed by atoms with van der Waals surface area (Å²) in [4.78, 5) is 38.1. The van der Waals surface area contributed by atoms with E-state index in [1.807, 2.05) is 45.4 Å². The fraction of sp³-hybridized carbons (Fsp3) is 0.259. The number of nitrogens with one attached hydrogen (secondary N) is 1. The molecule has 0 aliphatic rings. The van der Waals surface area contributed by atoms with E-state index in [0.29, 0.717) is 34.9 Å². The lowest BCUT2D eigenvalue weighted by Gasteiger charge is -2.25. The highest BCUT2D eigenvalue weighted by Crippen LogP contribution is 2.34. The molecule has 3 rings (SSSR count). The number of rotatable bonds is 11. The van der Waals surface area contributed by atoms with E-state index in [0.717, 1.165) is 28.8 Å². The lowest BCUT2D eigenvalue weighted by atomic mass is 10.1. The van der Waals surface area contributed by atoms with Crippen molar-refractivity contribution in [3.05, 3.63) is 88.4 Å². The third kappa shape index (κ3) is 6.99. The molecule has 0 fully saturated rings. The molecular weight excluding hydrogens is 522 g/mol. The summed E-state index contributed by atoms with van der Waals surface area (Å²) < 4.78 is 6.57. The van der Waals surface area contributed by atoms with Crippen molar-refractivity contribution >= 4 is 39.0 Å². The molecule has 0 aliphatic heterocycles. The number of anilines is 2. The summed E-state index contributed by atoms with van der Waals surface area (Å²) in [6.45, 7) is 5.14. The van der Waals surface area contributed by atoms with Gasteiger partial charge in [0, 0.05) is 54.4 Å². The molecule has 36 heavy (non-hydrogen) atoms. The van der Waals surface area contributed by atoms with Crippen LogP contribution in [0.25, 0.3) is 0 Å². The van der Waals surface area contributed by atoms with Crippen molar-refractivity contribution in [2.45, 2.75) is 6.42 Å². The summed E-state index contributed by atoms with van der Waals surface area (Å²) in [7, 11) is 7.57. The molecule has 9 heteroatoms. The Hall–Kier alpha value is -3.56. The van der Waals surface area contributed by atoms with Gasteiger partial charge in [-0.25, -0.2) is 9.97 Å². The molecule has 0 atom stereocenters. The molecule has 0 saturated heterocycles. The number of halogens is 1. The first-order valence-electron chi connectivity index (χ1n) is 11.3. The van der Waals surface area contributed by atoms with Gasteiger partial charge >= 0.3 is 0 Å². The average molecular weight is 552 g/mol. The van der Waals surface area contributed by atoms with Crippen LogP contribution in [0.3, 0.4) is 0 Å². The topological polar surface area (TPSA) is 87.7 Å². The molecule has 1 heterocycles. The minimum Gasteiger partial charge on any atom is -0.496 e. The van der Waals surface area contributed by atoms with Crippen molar-refractivity contribution in [2.75, 3.05) is 51.6 Å². The standard InChI is InChI=1S/C27H30BrN5O3/c1-6-26(34)31-22-15-19(24(36-5)17-23(22)33(4)14-13-32(2)3)16-25-29-12-11-21(30-25)27(35)18-7-9-20(28)10-8-18/h6-12,15,17H,1,13-14,16H2,2-5H3,(H,31,34). The van der Waals surface area contributed by atoms with Gasteiger partial charge in [0.25, 0.3) is 0 Å². The second kappa shape index (κ2) is 12.4. The van der Waals surface area contributed by atoms with E-state index in [1.54, 1.807) is 31.5 Å². The number of methoxy groups -OCH3 is 1. The Bertz CT molecular complexity index is 1240. The fourth-order valence-electron chi connectivity index (χ4n) is 3.54. The van der Waals surface area contributed by atoms with Crippen molar-refractivity contribution in [1.29, 1.82) is 0 Å². The summed E-state index contributed by atoms with van der Waals surface area (Å²) in [5.74, 6) is 0.596. The van der Waals surface area contributed by atoms with Gasteiger partial charge in [-0.1, -0.05) is 22.5 Å². The van der Waals surface area contributed by atoms with Crippen LogP contribution >= 0.6 is 15.9 Å². The summed E-state index contributed by atoms with van der Waals surface area (Å²) in [5, 5.41) is 2.90. The van der Waals surface area contributed by atoms with Gasteiger partial charge in [0.1, 0.15) is 17.3 Å². The highest BCUT2D eigenvalue weighted by atomic mass is 79.9. The van der Waals surface area contributed by atoms with Crippen LogP contribution in [0.15, 0.2) is 65.8 Å². The van der Waals surface area contributed by atoms with Gasteiger partial charge in [0.15, 0.2) is 0 Å². The SMILES string of the molecule is C=CC(=O)Nc1cc(Cc2nccc(C(=O)c3ccc(Br)cc3)n2)c(OC)cc1N(C)CCN(C)C. The van der Waals surface area contributed by atoms with Crippen LogP contribution in [0.1, 0.15) is 27.4 Å². The molecule has 1 aromatic heterocycles. The van der Waals surface area contributed by atoms with Crippen LogP contribution in [-0.2, 0) is 11.2 Å². The molecule has 0 radical (unpaired) electrons. The van der Waals surface area contributed by atoms with Crippen molar-refractivity contribution in [3.63, 3.8) is 0 Å². The third-order valence-electron chi connectivity index (χ3n) is 5.53. The maximum Gasteiger partial charge on any atom is 0.247 e. The Morgan fingerprint density at radius 3 is 2.47 bits per heavy atom. The van der Waals surface area contributed by atoms with Crippen LogP contribution in [0.5, 0.6) is 5.75 Å². The van der Waals surface area contributed by atoms with Gasteiger partial charge in [-0.3, -0.25) is 9.59 Å². The number of ketones is 1. The molecule has 0 spiro atoms. The van der Waals surface area contributed by atoms with Crippen LogP contribution in [0.2, 0.25) is 0 Å². The van der Waals surface area contributed by atoms with E-state index in [2.05, 4.69) is 47.6 Å². The van der Waals surface area contributed by atoms with Gasteiger partial charge in [-0.2, -0.15) is 0 Å². The predicted octanol–water partition coefficient (Wildman–Crippen LogP) is 4.19. The molecule has 2 aromatic carbocycles. The maximum absolute atomic E-state index is 12.9. The van der Waals surface area contributed by atoms with Gasteiger partial charge in [-0.15, -0.1) is 0 Å². The molecular formula is C27H30BrN5O3. The summed E-state index contributed by atoms with van der Waals surface area (Å²) in [6, 6.07) is 12.5. The van der Waals surface area contributed by atoms with Gasteiger partial charge < -0.3 is 19.9 Å². The zero-order valence-electron chi connectivity index (χ0n) is 20.9. The van der Waals surface area contributed by atoms with Crippen LogP contribution in [-0.4, -0.2) is 67.9 Å². The molecule has 0 bridgehead atoms. The predicted molar refractivity (Wildman–Crippen MR) is 146 cm³/mol. The lowest BCUT2D eigenvalue weighted by Crippen LogP contribution is -2.29. The van der Waals surface area contributed by atoms with Crippen molar-refractivity contribution in [1.82, 2.24) is 14.9 Å². The van der Waals surface area contributed by atoms with Crippen molar-refractivity contribution in [2.24, 2.45) is 0 Å². The van der Waals surface area contributed by atoms with Crippen LogP contribution in [0.4, 0.5) is 11.4 Å². The fourth-order valence-corrected chi connectivity index (χ4v) is 3.81. The first-order valence-corrected chi connectivity index (χ1v) is 12.1. The number of likely N-dealkylation sites (N-methyl/N-ethyl adjacent to an activating group) is 2. The number of hydrogen-bond acceptors (Lipinski definition) is 7.